The van der Waals surface area contributed by atoms with Crippen LogP contribution in [-0.4, -0.2) is 50.9 Å². The molecular weight excluding hydrogens is 300 g/mol. The van der Waals surface area contributed by atoms with Gasteiger partial charge in [-0.3, -0.25) is 4.99 Å². The average Bonchev–Trinajstić information content (AvgIpc) is 3.20. The molecular formula is C19H30N4O. The van der Waals surface area contributed by atoms with Crippen molar-refractivity contribution < 1.29 is 4.74 Å². The number of aryl methyl sites for hydroxylation is 1. The van der Waals surface area contributed by atoms with E-state index in [2.05, 4.69) is 58.6 Å². The highest BCUT2D eigenvalue weighted by Gasteiger charge is 2.41. The lowest BCUT2D eigenvalue weighted by molar-refractivity contribution is 0.0992. The molecule has 2 aliphatic heterocycles. The van der Waals surface area contributed by atoms with Crippen LogP contribution in [0, 0.1) is 6.92 Å². The molecule has 0 saturated carbocycles. The molecule has 5 nitrogen and oxygen atoms in total. The van der Waals surface area contributed by atoms with Crippen molar-refractivity contribution in [2.45, 2.75) is 51.4 Å². The first-order chi connectivity index (χ1) is 11.7. The number of benzene rings is 1. The van der Waals surface area contributed by atoms with E-state index in [9.17, 15) is 0 Å². The van der Waals surface area contributed by atoms with Crippen molar-refractivity contribution in [1.29, 1.82) is 0 Å². The maximum atomic E-state index is 5.91. The maximum absolute atomic E-state index is 5.91. The Kier molecular flexibility index (Phi) is 5.61. The molecule has 3 unspecified atom stereocenters. The Morgan fingerprint density at radius 2 is 2.25 bits per heavy atom. The third kappa shape index (κ3) is 4.01. The highest BCUT2D eigenvalue weighted by atomic mass is 16.5. The summed E-state index contributed by atoms with van der Waals surface area (Å²) in [4.78, 5) is 6.75. The van der Waals surface area contributed by atoms with Crippen molar-refractivity contribution in [1.82, 2.24) is 10.6 Å². The van der Waals surface area contributed by atoms with Gasteiger partial charge in [0.15, 0.2) is 5.96 Å². The van der Waals surface area contributed by atoms with Crippen molar-refractivity contribution in [3.05, 3.63) is 29.8 Å². The van der Waals surface area contributed by atoms with Gasteiger partial charge in [0.05, 0.1) is 18.2 Å². The SMILES string of the molecule is CCN(CCNC(=NC)NC1CC2CCC1O2)c1cccc(C)c1. The zero-order valence-corrected chi connectivity index (χ0v) is 15.1. The maximum Gasteiger partial charge on any atom is 0.191 e. The van der Waals surface area contributed by atoms with Crippen molar-refractivity contribution in [3.8, 4) is 0 Å². The van der Waals surface area contributed by atoms with Gasteiger partial charge in [-0.15, -0.1) is 0 Å². The van der Waals surface area contributed by atoms with Crippen molar-refractivity contribution in [3.63, 3.8) is 0 Å². The van der Waals surface area contributed by atoms with Crippen LogP contribution < -0.4 is 15.5 Å². The fraction of sp³-hybridized carbons (Fsp3) is 0.632. The van der Waals surface area contributed by atoms with Gasteiger partial charge in [0.1, 0.15) is 0 Å². The molecule has 2 heterocycles. The quantitative estimate of drug-likeness (QED) is 0.621. The summed E-state index contributed by atoms with van der Waals surface area (Å²) >= 11 is 0. The van der Waals surface area contributed by atoms with Gasteiger partial charge < -0.3 is 20.3 Å². The highest BCUT2D eigenvalue weighted by Crippen LogP contribution is 2.34. The van der Waals surface area contributed by atoms with E-state index < -0.39 is 0 Å². The van der Waals surface area contributed by atoms with Crippen LogP contribution in [0.1, 0.15) is 31.7 Å². The molecule has 0 aromatic heterocycles. The molecule has 1 aromatic carbocycles. The first-order valence-corrected chi connectivity index (χ1v) is 9.14. The van der Waals surface area contributed by atoms with Gasteiger partial charge in [-0.25, -0.2) is 0 Å². The molecule has 2 bridgehead atoms. The lowest BCUT2D eigenvalue weighted by Crippen LogP contribution is -2.48. The Bertz CT molecular complexity index is 574. The van der Waals surface area contributed by atoms with Crippen molar-refractivity contribution >= 4 is 11.6 Å². The largest absolute Gasteiger partial charge is 0.373 e. The molecule has 5 heteroatoms. The third-order valence-corrected chi connectivity index (χ3v) is 5.07. The van der Waals surface area contributed by atoms with E-state index in [1.807, 2.05) is 7.05 Å². The normalized spacial score (nSPS) is 25.8. The van der Waals surface area contributed by atoms with E-state index in [0.29, 0.717) is 18.2 Å². The molecule has 2 aliphatic rings. The van der Waals surface area contributed by atoms with Crippen LogP contribution in [0.3, 0.4) is 0 Å². The second-order valence-corrected chi connectivity index (χ2v) is 6.78. The average molecular weight is 330 g/mol. The number of guanidine groups is 1. The van der Waals surface area contributed by atoms with E-state index in [0.717, 1.165) is 32.0 Å². The number of hydrogen-bond acceptors (Lipinski definition) is 3. The molecule has 0 amide bonds. The fourth-order valence-electron chi connectivity index (χ4n) is 3.76. The van der Waals surface area contributed by atoms with Crippen LogP contribution in [0.5, 0.6) is 0 Å². The number of nitrogens with zero attached hydrogens (tertiary/aromatic N) is 2. The number of aliphatic imine (C=N–C) groups is 1. The van der Waals surface area contributed by atoms with E-state index in [1.165, 1.54) is 24.1 Å². The summed E-state index contributed by atoms with van der Waals surface area (Å²) in [6.45, 7) is 7.15. The summed E-state index contributed by atoms with van der Waals surface area (Å²) in [7, 11) is 1.83. The summed E-state index contributed by atoms with van der Waals surface area (Å²) in [5, 5.41) is 6.98. The van der Waals surface area contributed by atoms with E-state index >= 15 is 0 Å². The minimum atomic E-state index is 0.369. The third-order valence-electron chi connectivity index (χ3n) is 5.07. The van der Waals surface area contributed by atoms with Crippen molar-refractivity contribution in [2.75, 3.05) is 31.6 Å². The Morgan fingerprint density at radius 3 is 2.88 bits per heavy atom. The van der Waals surface area contributed by atoms with Crippen LogP contribution in [0.4, 0.5) is 5.69 Å². The summed E-state index contributed by atoms with van der Waals surface area (Å²) in [6, 6.07) is 9.09. The van der Waals surface area contributed by atoms with E-state index in [4.69, 9.17) is 4.74 Å². The summed E-state index contributed by atoms with van der Waals surface area (Å²) in [5.41, 5.74) is 2.58. The lowest BCUT2D eigenvalue weighted by atomic mass is 9.96. The fourth-order valence-corrected chi connectivity index (χ4v) is 3.76. The van der Waals surface area contributed by atoms with Crippen LogP contribution in [0.15, 0.2) is 29.3 Å². The molecule has 3 atom stereocenters. The van der Waals surface area contributed by atoms with Gasteiger partial charge >= 0.3 is 0 Å². The molecule has 0 spiro atoms. The monoisotopic (exact) mass is 330 g/mol. The topological polar surface area (TPSA) is 48.9 Å². The van der Waals surface area contributed by atoms with Gasteiger partial charge in [0.25, 0.3) is 0 Å². The molecule has 1 aromatic rings. The molecule has 0 aliphatic carbocycles. The van der Waals surface area contributed by atoms with E-state index in [-0.39, 0.29) is 0 Å². The molecule has 2 fully saturated rings. The number of likely N-dealkylation sites (N-methyl/N-ethyl adjacent to an activating group) is 1. The molecule has 132 valence electrons. The Hall–Kier alpha value is -1.75. The number of rotatable bonds is 6. The Balaban J connectivity index is 1.47. The van der Waals surface area contributed by atoms with Crippen molar-refractivity contribution in [2.24, 2.45) is 4.99 Å². The minimum Gasteiger partial charge on any atom is -0.373 e. The number of fused-ring (bicyclic) bond motifs is 2. The molecule has 3 rings (SSSR count). The minimum absolute atomic E-state index is 0.369. The van der Waals surface area contributed by atoms with Gasteiger partial charge in [0, 0.05) is 32.4 Å². The smallest absolute Gasteiger partial charge is 0.191 e. The summed E-state index contributed by atoms with van der Waals surface area (Å²) in [5.74, 6) is 0.886. The lowest BCUT2D eigenvalue weighted by Gasteiger charge is -2.26. The number of ether oxygens (including phenoxy) is 1. The number of hydrogen-bond donors (Lipinski definition) is 2. The first-order valence-electron chi connectivity index (χ1n) is 9.14. The van der Waals surface area contributed by atoms with E-state index in [1.54, 1.807) is 0 Å². The molecule has 2 saturated heterocycles. The standard InChI is InChI=1S/C19H30N4O/c1-4-23(15-7-5-6-14(2)12-15)11-10-21-19(20-3)22-17-13-16-8-9-18(17)24-16/h5-7,12,16-18H,4,8-11,13H2,1-3H3,(H2,20,21,22). The van der Waals surface area contributed by atoms with Crippen LogP contribution in [-0.2, 0) is 4.74 Å². The summed E-state index contributed by atoms with van der Waals surface area (Å²) in [6.07, 6.45) is 4.33. The number of anilines is 1. The van der Waals surface area contributed by atoms with Gasteiger partial charge in [-0.1, -0.05) is 12.1 Å². The second kappa shape index (κ2) is 7.88. The Morgan fingerprint density at radius 1 is 1.38 bits per heavy atom. The highest BCUT2D eigenvalue weighted by molar-refractivity contribution is 5.80. The van der Waals surface area contributed by atoms with Crippen LogP contribution in [0.2, 0.25) is 0 Å². The second-order valence-electron chi connectivity index (χ2n) is 6.78. The Labute approximate surface area is 145 Å². The molecule has 0 radical (unpaired) electrons. The zero-order chi connectivity index (χ0) is 16.9. The predicted molar refractivity (Wildman–Crippen MR) is 99.9 cm³/mol. The van der Waals surface area contributed by atoms with Crippen LogP contribution >= 0.6 is 0 Å². The molecule has 24 heavy (non-hydrogen) atoms. The predicted octanol–water partition coefficient (Wildman–Crippen LogP) is 2.31. The van der Waals surface area contributed by atoms with Gasteiger partial charge in [0.2, 0.25) is 0 Å². The molecule has 2 N–H and O–H groups in total. The summed E-state index contributed by atoms with van der Waals surface area (Å²) < 4.78 is 5.91. The van der Waals surface area contributed by atoms with Crippen LogP contribution in [0.25, 0.3) is 0 Å². The zero-order valence-electron chi connectivity index (χ0n) is 15.1. The first kappa shape index (κ1) is 17.1. The van der Waals surface area contributed by atoms with Gasteiger partial charge in [-0.05, 0) is 50.8 Å². The number of nitrogens with one attached hydrogen (secondary N) is 2. The van der Waals surface area contributed by atoms with Gasteiger partial charge in [-0.2, -0.15) is 0 Å².